The molecule has 0 aromatic heterocycles. The summed E-state index contributed by atoms with van der Waals surface area (Å²) in [7, 11) is 1.34. The van der Waals surface area contributed by atoms with Crippen LogP contribution in [-0.2, 0) is 11.3 Å². The van der Waals surface area contributed by atoms with E-state index in [2.05, 4.69) is 4.74 Å². The molecule has 0 unspecified atom stereocenters. The lowest BCUT2D eigenvalue weighted by Gasteiger charge is -2.06. The number of methoxy groups -OCH3 is 1. The molecule has 0 aliphatic rings. The first kappa shape index (κ1) is 12.7. The third kappa shape index (κ3) is 2.84. The number of hydrogen-bond acceptors (Lipinski definition) is 3. The Morgan fingerprint density at radius 3 is 2.38 bits per heavy atom. The van der Waals surface area contributed by atoms with Crippen LogP contribution in [0.15, 0.2) is 12.1 Å². The first-order chi connectivity index (χ1) is 7.60. The van der Waals surface area contributed by atoms with Gasteiger partial charge in [0.2, 0.25) is 0 Å². The maximum Gasteiger partial charge on any atom is 0.164 e. The highest BCUT2D eigenvalue weighted by atomic mass is 19.1. The number of Topliss-reactive ketones (excluding diaryl/α,β-unsaturated/α-hetero) is 1. The second-order valence-corrected chi connectivity index (χ2v) is 3.31. The molecule has 0 fully saturated rings. The Morgan fingerprint density at radius 1 is 1.38 bits per heavy atom. The van der Waals surface area contributed by atoms with Gasteiger partial charge in [0, 0.05) is 24.7 Å². The molecule has 0 heterocycles. The fourth-order valence-electron chi connectivity index (χ4n) is 1.32. The van der Waals surface area contributed by atoms with Crippen LogP contribution in [0.4, 0.5) is 8.78 Å². The van der Waals surface area contributed by atoms with E-state index in [0.717, 1.165) is 12.1 Å². The van der Waals surface area contributed by atoms with Crippen molar-refractivity contribution in [3.05, 3.63) is 34.9 Å². The third-order valence-electron chi connectivity index (χ3n) is 2.12. The van der Waals surface area contributed by atoms with Crippen LogP contribution in [0.2, 0.25) is 0 Å². The zero-order chi connectivity index (χ0) is 12.1. The molecule has 0 saturated heterocycles. The van der Waals surface area contributed by atoms with Crippen molar-refractivity contribution in [1.82, 2.24) is 0 Å². The molecular weight excluding hydrogens is 216 g/mol. The van der Waals surface area contributed by atoms with E-state index in [4.69, 9.17) is 5.73 Å². The number of rotatable bonds is 5. The highest BCUT2D eigenvalue weighted by Crippen LogP contribution is 2.17. The Hall–Kier alpha value is -1.33. The van der Waals surface area contributed by atoms with Gasteiger partial charge in [0.15, 0.2) is 5.78 Å². The van der Waals surface area contributed by atoms with E-state index in [1.54, 1.807) is 0 Å². The summed E-state index contributed by atoms with van der Waals surface area (Å²) in [5, 5.41) is 0. The Bertz CT molecular complexity index is 371. The van der Waals surface area contributed by atoms with Gasteiger partial charge < -0.3 is 10.5 Å². The summed E-state index contributed by atoms with van der Waals surface area (Å²) in [5.41, 5.74) is 5.02. The number of hydrogen-bond donors (Lipinski definition) is 1. The van der Waals surface area contributed by atoms with Gasteiger partial charge in [-0.15, -0.1) is 0 Å². The maximum absolute atomic E-state index is 13.4. The van der Waals surface area contributed by atoms with Crippen LogP contribution in [0.25, 0.3) is 0 Å². The van der Waals surface area contributed by atoms with E-state index < -0.39 is 11.6 Å². The van der Waals surface area contributed by atoms with Crippen LogP contribution in [0.5, 0.6) is 0 Å². The van der Waals surface area contributed by atoms with E-state index in [9.17, 15) is 13.6 Å². The second-order valence-electron chi connectivity index (χ2n) is 3.31. The number of ether oxygens (including phenoxy) is 1. The van der Waals surface area contributed by atoms with Crippen LogP contribution in [0.3, 0.4) is 0 Å². The molecule has 5 heteroatoms. The summed E-state index contributed by atoms with van der Waals surface area (Å²) in [6.45, 7) is -0.00901. The van der Waals surface area contributed by atoms with Crippen LogP contribution >= 0.6 is 0 Å². The maximum atomic E-state index is 13.4. The highest BCUT2D eigenvalue weighted by Gasteiger charge is 2.14. The van der Waals surface area contributed by atoms with E-state index in [1.807, 2.05) is 0 Å². The number of halogens is 2. The standard InChI is InChI=1S/C11H13F2NO2/c1-16-6-8-9(12)4-7(5-10(8)13)11(15)2-3-14/h4-5H,2-3,6,14H2,1H3. The number of nitrogens with two attached hydrogens (primary N) is 1. The largest absolute Gasteiger partial charge is 0.380 e. The van der Waals surface area contributed by atoms with Crippen LogP contribution in [0, 0.1) is 11.6 Å². The van der Waals surface area contributed by atoms with Crippen molar-refractivity contribution in [2.24, 2.45) is 5.73 Å². The predicted octanol–water partition coefficient (Wildman–Crippen LogP) is 1.64. The van der Waals surface area contributed by atoms with Gasteiger partial charge in [-0.1, -0.05) is 0 Å². The SMILES string of the molecule is COCc1c(F)cc(C(=O)CCN)cc1F. The van der Waals surface area contributed by atoms with Crippen molar-refractivity contribution in [3.8, 4) is 0 Å². The molecule has 0 aliphatic carbocycles. The molecular formula is C11H13F2NO2. The normalized spacial score (nSPS) is 10.5. The molecule has 0 atom stereocenters. The summed E-state index contributed by atoms with van der Waals surface area (Å²) in [6, 6.07) is 2.02. The third-order valence-corrected chi connectivity index (χ3v) is 2.12. The lowest BCUT2D eigenvalue weighted by Crippen LogP contribution is -2.10. The topological polar surface area (TPSA) is 52.3 Å². The smallest absolute Gasteiger partial charge is 0.164 e. The molecule has 1 aromatic carbocycles. The van der Waals surface area contributed by atoms with Crippen molar-refractivity contribution in [1.29, 1.82) is 0 Å². The number of benzene rings is 1. The molecule has 0 amide bonds. The lowest BCUT2D eigenvalue weighted by atomic mass is 10.1. The van der Waals surface area contributed by atoms with Crippen LogP contribution in [-0.4, -0.2) is 19.4 Å². The molecule has 1 aromatic rings. The van der Waals surface area contributed by atoms with E-state index >= 15 is 0 Å². The average Bonchev–Trinajstić information content (AvgIpc) is 2.23. The Labute approximate surface area is 92.2 Å². The zero-order valence-electron chi connectivity index (χ0n) is 8.93. The van der Waals surface area contributed by atoms with Crippen LogP contribution < -0.4 is 5.73 Å². The van der Waals surface area contributed by atoms with E-state index in [-0.39, 0.29) is 36.5 Å². The van der Waals surface area contributed by atoms with Gasteiger partial charge in [-0.25, -0.2) is 8.78 Å². The summed E-state index contributed by atoms with van der Waals surface area (Å²) < 4.78 is 31.4. The number of ketones is 1. The predicted molar refractivity (Wildman–Crippen MR) is 55.1 cm³/mol. The van der Waals surface area contributed by atoms with Crippen LogP contribution in [0.1, 0.15) is 22.3 Å². The molecule has 0 spiro atoms. The van der Waals surface area contributed by atoms with Gasteiger partial charge in [-0.2, -0.15) is 0 Å². The van der Waals surface area contributed by atoms with Gasteiger partial charge in [-0.3, -0.25) is 4.79 Å². The van der Waals surface area contributed by atoms with Crippen molar-refractivity contribution in [2.75, 3.05) is 13.7 Å². The summed E-state index contributed by atoms with van der Waals surface area (Å²) >= 11 is 0. The molecule has 0 saturated carbocycles. The fourth-order valence-corrected chi connectivity index (χ4v) is 1.32. The average molecular weight is 229 g/mol. The van der Waals surface area contributed by atoms with Gasteiger partial charge in [0.1, 0.15) is 11.6 Å². The van der Waals surface area contributed by atoms with Gasteiger partial charge in [0.25, 0.3) is 0 Å². The van der Waals surface area contributed by atoms with Gasteiger partial charge in [0.05, 0.1) is 6.61 Å². The fraction of sp³-hybridized carbons (Fsp3) is 0.364. The Kier molecular flexibility index (Phi) is 4.52. The Morgan fingerprint density at radius 2 is 1.94 bits per heavy atom. The molecule has 3 nitrogen and oxygen atoms in total. The second kappa shape index (κ2) is 5.67. The first-order valence-electron chi connectivity index (χ1n) is 4.80. The van der Waals surface area contributed by atoms with E-state index in [1.165, 1.54) is 7.11 Å². The van der Waals surface area contributed by atoms with Crippen molar-refractivity contribution in [2.45, 2.75) is 13.0 Å². The van der Waals surface area contributed by atoms with E-state index in [0.29, 0.717) is 0 Å². The molecule has 0 radical (unpaired) electrons. The van der Waals surface area contributed by atoms with Crippen molar-refractivity contribution in [3.63, 3.8) is 0 Å². The van der Waals surface area contributed by atoms with Crippen molar-refractivity contribution >= 4 is 5.78 Å². The lowest BCUT2D eigenvalue weighted by molar-refractivity contribution is 0.0984. The van der Waals surface area contributed by atoms with Crippen molar-refractivity contribution < 1.29 is 18.3 Å². The van der Waals surface area contributed by atoms with Gasteiger partial charge >= 0.3 is 0 Å². The number of carbonyl (C=O) groups is 1. The zero-order valence-corrected chi connectivity index (χ0v) is 8.93. The summed E-state index contributed by atoms with van der Waals surface area (Å²) in [6.07, 6.45) is 0.0719. The minimum atomic E-state index is -0.776. The molecule has 16 heavy (non-hydrogen) atoms. The molecule has 88 valence electrons. The monoisotopic (exact) mass is 229 g/mol. The molecule has 0 aliphatic heterocycles. The minimum Gasteiger partial charge on any atom is -0.380 e. The first-order valence-corrected chi connectivity index (χ1v) is 4.80. The molecule has 0 bridgehead atoms. The van der Waals surface area contributed by atoms with Gasteiger partial charge in [-0.05, 0) is 18.7 Å². The Balaban J connectivity index is 3.04. The molecule has 2 N–H and O–H groups in total. The highest BCUT2D eigenvalue weighted by molar-refractivity contribution is 5.96. The quantitative estimate of drug-likeness (QED) is 0.781. The number of carbonyl (C=O) groups excluding carboxylic acids is 1. The molecule has 1 rings (SSSR count). The summed E-state index contributed by atoms with van der Waals surface area (Å²) in [4.78, 5) is 11.4. The summed E-state index contributed by atoms with van der Waals surface area (Å²) in [5.74, 6) is -1.92. The minimum absolute atomic E-state index is 0.000281.